The van der Waals surface area contributed by atoms with E-state index in [1.807, 2.05) is 0 Å². The summed E-state index contributed by atoms with van der Waals surface area (Å²) >= 11 is 0. The van der Waals surface area contributed by atoms with Crippen molar-refractivity contribution in [2.45, 2.75) is 39.0 Å². The van der Waals surface area contributed by atoms with Gasteiger partial charge < -0.3 is 14.0 Å². The Morgan fingerprint density at radius 3 is 2.81 bits per heavy atom. The third-order valence-corrected chi connectivity index (χ3v) is 6.01. The normalized spacial score (nSPS) is 18.5. The summed E-state index contributed by atoms with van der Waals surface area (Å²) in [7, 11) is 0. The van der Waals surface area contributed by atoms with Crippen LogP contribution in [0.15, 0.2) is 35.1 Å². The molecule has 0 saturated heterocycles. The van der Waals surface area contributed by atoms with Gasteiger partial charge in [-0.1, -0.05) is 13.0 Å². The number of nitro groups is 1. The van der Waals surface area contributed by atoms with Gasteiger partial charge in [-0.05, 0) is 24.6 Å². The lowest BCUT2D eigenvalue weighted by molar-refractivity contribution is -0.383. The number of nitro benzene ring substituents is 1. The van der Waals surface area contributed by atoms with E-state index in [0.29, 0.717) is 27.9 Å². The third-order valence-electron chi connectivity index (χ3n) is 6.01. The summed E-state index contributed by atoms with van der Waals surface area (Å²) in [5.74, 6) is -1.40. The van der Waals surface area contributed by atoms with Gasteiger partial charge in [0, 0.05) is 24.1 Å². The van der Waals surface area contributed by atoms with Crippen molar-refractivity contribution in [2.75, 3.05) is 0 Å². The lowest BCUT2D eigenvalue weighted by Gasteiger charge is -2.35. The quantitative estimate of drug-likeness (QED) is 0.273. The van der Waals surface area contributed by atoms with Crippen molar-refractivity contribution >= 4 is 28.5 Å². The van der Waals surface area contributed by atoms with E-state index >= 15 is 0 Å². The Bertz CT molecular complexity index is 1430. The van der Waals surface area contributed by atoms with Crippen molar-refractivity contribution in [1.29, 1.82) is 0 Å². The molecule has 0 saturated carbocycles. The van der Waals surface area contributed by atoms with Gasteiger partial charge >= 0.3 is 11.9 Å². The highest BCUT2D eigenvalue weighted by molar-refractivity contribution is 5.91. The second kappa shape index (κ2) is 6.71. The minimum atomic E-state index is -1.72. The molecule has 2 aromatic heterocycles. The van der Waals surface area contributed by atoms with Crippen LogP contribution in [0.4, 0.5) is 5.69 Å². The molecule has 3 aromatic rings. The number of esters is 2. The zero-order valence-electron chi connectivity index (χ0n) is 17.2. The number of carbonyl (C=O) groups excluding carboxylic acids is 2. The maximum Gasteiger partial charge on any atom is 0.355 e. The van der Waals surface area contributed by atoms with Crippen molar-refractivity contribution in [2.24, 2.45) is 0 Å². The monoisotopic (exact) mass is 435 g/mol. The number of hydrogen-bond donors (Lipinski definition) is 0. The van der Waals surface area contributed by atoms with Crippen molar-refractivity contribution in [3.63, 3.8) is 0 Å². The van der Waals surface area contributed by atoms with Gasteiger partial charge in [-0.15, -0.1) is 0 Å². The van der Waals surface area contributed by atoms with E-state index in [4.69, 9.17) is 9.47 Å². The predicted molar refractivity (Wildman–Crippen MR) is 111 cm³/mol. The van der Waals surface area contributed by atoms with Crippen molar-refractivity contribution in [3.05, 3.63) is 67.5 Å². The largest absolute Gasteiger partial charge is 0.457 e. The summed E-state index contributed by atoms with van der Waals surface area (Å²) in [5, 5.41) is 11.8. The second-order valence-electron chi connectivity index (χ2n) is 7.76. The van der Waals surface area contributed by atoms with Crippen molar-refractivity contribution in [1.82, 2.24) is 9.55 Å². The Morgan fingerprint density at radius 1 is 1.34 bits per heavy atom. The van der Waals surface area contributed by atoms with E-state index in [1.54, 1.807) is 31.2 Å². The van der Waals surface area contributed by atoms with Crippen LogP contribution in [0.25, 0.3) is 22.3 Å². The number of hydrogen-bond acceptors (Lipinski definition) is 8. The second-order valence-corrected chi connectivity index (χ2v) is 7.76. The maximum absolute atomic E-state index is 13.3. The van der Waals surface area contributed by atoms with Gasteiger partial charge in [0.25, 0.3) is 11.2 Å². The van der Waals surface area contributed by atoms with Crippen LogP contribution in [0.1, 0.15) is 37.0 Å². The molecule has 0 fully saturated rings. The molecule has 0 N–H and O–H groups in total. The van der Waals surface area contributed by atoms with Gasteiger partial charge in [0.05, 0.1) is 39.3 Å². The molecule has 2 aliphatic heterocycles. The highest BCUT2D eigenvalue weighted by Crippen LogP contribution is 2.41. The summed E-state index contributed by atoms with van der Waals surface area (Å²) in [6.45, 7) is 2.80. The number of nitrogens with zero attached hydrogens (tertiary/aromatic N) is 3. The zero-order chi connectivity index (χ0) is 22.8. The Labute approximate surface area is 180 Å². The smallest absolute Gasteiger partial charge is 0.355 e. The zero-order valence-corrected chi connectivity index (χ0v) is 17.2. The molecule has 0 bridgehead atoms. The minimum absolute atomic E-state index is 0.0701. The van der Waals surface area contributed by atoms with Crippen LogP contribution in [0.3, 0.4) is 0 Å². The van der Waals surface area contributed by atoms with Gasteiger partial charge in [-0.3, -0.25) is 19.7 Å². The first-order valence-electron chi connectivity index (χ1n) is 9.98. The average molecular weight is 435 g/mol. The van der Waals surface area contributed by atoms with E-state index in [9.17, 15) is 24.5 Å². The fourth-order valence-corrected chi connectivity index (χ4v) is 4.55. The molecule has 0 radical (unpaired) electrons. The Hall–Kier alpha value is -4.08. The molecule has 1 atom stereocenters. The Kier molecular flexibility index (Phi) is 4.16. The number of cyclic esters (lactones) is 1. The van der Waals surface area contributed by atoms with Gasteiger partial charge in [0.1, 0.15) is 6.61 Å². The first-order valence-corrected chi connectivity index (χ1v) is 9.98. The molecular weight excluding hydrogens is 418 g/mol. The molecule has 10 heteroatoms. The summed E-state index contributed by atoms with van der Waals surface area (Å²) < 4.78 is 12.1. The van der Waals surface area contributed by atoms with E-state index < -0.39 is 22.5 Å². The minimum Gasteiger partial charge on any atom is -0.457 e. The molecule has 5 rings (SSSR count). The topological polar surface area (TPSA) is 131 Å². The van der Waals surface area contributed by atoms with Gasteiger partial charge in [-0.25, -0.2) is 9.78 Å². The van der Waals surface area contributed by atoms with Crippen LogP contribution in [0, 0.1) is 10.1 Å². The van der Waals surface area contributed by atoms with Crippen LogP contribution in [0.5, 0.6) is 0 Å². The van der Waals surface area contributed by atoms with Gasteiger partial charge in [-0.2, -0.15) is 0 Å². The van der Waals surface area contributed by atoms with Crippen LogP contribution >= 0.6 is 0 Å². The molecule has 0 unspecified atom stereocenters. The number of ether oxygens (including phenoxy) is 2. The van der Waals surface area contributed by atoms with E-state index in [0.717, 1.165) is 0 Å². The van der Waals surface area contributed by atoms with E-state index in [1.165, 1.54) is 17.6 Å². The number of benzene rings is 1. The van der Waals surface area contributed by atoms with Crippen LogP contribution in [-0.2, 0) is 37.8 Å². The molecule has 1 aromatic carbocycles. The molecule has 2 aliphatic rings. The van der Waals surface area contributed by atoms with Crippen molar-refractivity contribution in [3.8, 4) is 11.4 Å². The predicted octanol–water partition coefficient (Wildman–Crippen LogP) is 2.56. The summed E-state index contributed by atoms with van der Waals surface area (Å²) in [4.78, 5) is 53.4. The third kappa shape index (κ3) is 2.58. The number of rotatable bonds is 3. The number of fused-ring (bicyclic) bond motifs is 5. The Balaban J connectivity index is 1.78. The lowest BCUT2D eigenvalue weighted by Crippen LogP contribution is -2.47. The molecule has 0 aliphatic carbocycles. The number of pyridine rings is 2. The maximum atomic E-state index is 13.3. The standard InChI is InChI=1S/C22H17N3O7/c1-3-22(32-11(2)26)15-8-18-19-12(9-24(18)20(27)14(15)10-31-21(22)28)7-13-16(23-19)5-4-6-17(13)25(29)30/h4-8H,3,9-10H2,1-2H3/t22-/m0/s1. The van der Waals surface area contributed by atoms with Crippen LogP contribution in [0.2, 0.25) is 0 Å². The lowest BCUT2D eigenvalue weighted by atomic mass is 9.85. The first kappa shape index (κ1) is 19.9. The Morgan fingerprint density at radius 2 is 2.12 bits per heavy atom. The number of aromatic nitrogens is 2. The van der Waals surface area contributed by atoms with E-state index in [-0.39, 0.29) is 41.9 Å². The van der Waals surface area contributed by atoms with E-state index in [2.05, 4.69) is 4.98 Å². The highest BCUT2D eigenvalue weighted by Gasteiger charge is 2.50. The summed E-state index contributed by atoms with van der Waals surface area (Å²) in [5.41, 5.74) is 0.362. The summed E-state index contributed by atoms with van der Waals surface area (Å²) in [6, 6.07) is 7.93. The molecule has 0 spiro atoms. The highest BCUT2D eigenvalue weighted by atomic mass is 16.6. The molecule has 162 valence electrons. The van der Waals surface area contributed by atoms with Gasteiger partial charge in [0.15, 0.2) is 0 Å². The molecular formula is C22H17N3O7. The molecule has 4 heterocycles. The van der Waals surface area contributed by atoms with Crippen molar-refractivity contribution < 1.29 is 24.0 Å². The fraction of sp³-hybridized carbons (Fsp3) is 0.273. The summed E-state index contributed by atoms with van der Waals surface area (Å²) in [6.07, 6.45) is 0.0888. The molecule has 0 amide bonds. The first-order chi connectivity index (χ1) is 15.3. The number of carbonyl (C=O) groups is 2. The van der Waals surface area contributed by atoms with Crippen LogP contribution < -0.4 is 5.56 Å². The molecule has 32 heavy (non-hydrogen) atoms. The average Bonchev–Trinajstić information content (AvgIpc) is 3.11. The van der Waals surface area contributed by atoms with Crippen LogP contribution in [-0.4, -0.2) is 26.4 Å². The fourth-order valence-electron chi connectivity index (χ4n) is 4.55. The van der Waals surface area contributed by atoms with Gasteiger partial charge in [0.2, 0.25) is 5.60 Å². The SMILES string of the molecule is CC[C@@]1(OC(C)=O)C(=O)OCc2c1cc1n(c2=O)Cc2cc3c([N+](=O)[O-])cccc3nc2-1. The molecule has 10 nitrogen and oxygen atoms in total. The number of non-ortho nitro benzene ring substituents is 1.